The Labute approximate surface area is 100 Å². The molecular weight excluding hydrogens is 218 g/mol. The molecule has 2 aromatic rings. The lowest BCUT2D eigenvalue weighted by Crippen LogP contribution is -2.11. The van der Waals surface area contributed by atoms with Crippen LogP contribution < -0.4 is 0 Å². The smallest absolute Gasteiger partial charge is 0.195 e. The second kappa shape index (κ2) is 4.61. The standard InChI is InChI=1S/C12H15N3S/c1-3-11(10-7-5-4-6-8-10)15-9(2)13-14-12(15)16/h4-8,11H,3H2,1-2H3,(H,14,16). The van der Waals surface area contributed by atoms with E-state index in [-0.39, 0.29) is 6.04 Å². The van der Waals surface area contributed by atoms with E-state index >= 15 is 0 Å². The molecule has 0 spiro atoms. The molecule has 1 atom stereocenters. The molecule has 0 bridgehead atoms. The Kier molecular flexibility index (Phi) is 3.19. The minimum absolute atomic E-state index is 0.271. The first-order chi connectivity index (χ1) is 7.74. The van der Waals surface area contributed by atoms with E-state index in [1.54, 1.807) is 0 Å². The van der Waals surface area contributed by atoms with Gasteiger partial charge < -0.3 is 0 Å². The summed E-state index contributed by atoms with van der Waals surface area (Å²) in [7, 11) is 0. The van der Waals surface area contributed by atoms with Gasteiger partial charge in [0.05, 0.1) is 6.04 Å². The molecule has 0 amide bonds. The van der Waals surface area contributed by atoms with Gasteiger partial charge in [-0.1, -0.05) is 37.3 Å². The zero-order chi connectivity index (χ0) is 11.5. The maximum absolute atomic E-state index is 5.26. The molecule has 0 radical (unpaired) electrons. The molecule has 1 aromatic carbocycles. The summed E-state index contributed by atoms with van der Waals surface area (Å²) in [6.45, 7) is 4.13. The lowest BCUT2D eigenvalue weighted by Gasteiger charge is -2.17. The number of nitrogens with one attached hydrogen (secondary N) is 1. The van der Waals surface area contributed by atoms with Gasteiger partial charge in [0, 0.05) is 0 Å². The number of aromatic amines is 1. The van der Waals surface area contributed by atoms with Crippen LogP contribution in [0.2, 0.25) is 0 Å². The fourth-order valence-electron chi connectivity index (χ4n) is 1.99. The van der Waals surface area contributed by atoms with E-state index in [2.05, 4.69) is 46.0 Å². The number of H-pyrrole nitrogens is 1. The highest BCUT2D eigenvalue weighted by Crippen LogP contribution is 2.22. The van der Waals surface area contributed by atoms with Crippen LogP contribution in [0.1, 0.15) is 30.8 Å². The van der Waals surface area contributed by atoms with Gasteiger partial charge >= 0.3 is 0 Å². The molecule has 0 aliphatic heterocycles. The molecule has 1 heterocycles. The van der Waals surface area contributed by atoms with Gasteiger partial charge in [0.25, 0.3) is 0 Å². The van der Waals surface area contributed by atoms with E-state index < -0.39 is 0 Å². The highest BCUT2D eigenvalue weighted by atomic mass is 32.1. The average molecular weight is 233 g/mol. The molecule has 1 N–H and O–H groups in total. The quantitative estimate of drug-likeness (QED) is 0.826. The van der Waals surface area contributed by atoms with E-state index in [4.69, 9.17) is 12.2 Å². The lowest BCUT2D eigenvalue weighted by atomic mass is 10.0. The van der Waals surface area contributed by atoms with Gasteiger partial charge in [0.15, 0.2) is 4.77 Å². The maximum atomic E-state index is 5.26. The summed E-state index contributed by atoms with van der Waals surface area (Å²) in [5.41, 5.74) is 1.27. The summed E-state index contributed by atoms with van der Waals surface area (Å²) in [6, 6.07) is 10.7. The third-order valence-corrected chi connectivity index (χ3v) is 3.05. The average Bonchev–Trinajstić information content (AvgIpc) is 2.63. The summed E-state index contributed by atoms with van der Waals surface area (Å²) in [5.74, 6) is 0.931. The Morgan fingerprint density at radius 2 is 2.06 bits per heavy atom. The van der Waals surface area contributed by atoms with Crippen molar-refractivity contribution in [3.05, 3.63) is 46.5 Å². The van der Waals surface area contributed by atoms with Crippen LogP contribution in [0, 0.1) is 11.7 Å². The van der Waals surface area contributed by atoms with E-state index in [0.717, 1.165) is 12.2 Å². The Balaban J connectivity index is 2.49. The van der Waals surface area contributed by atoms with Gasteiger partial charge in [-0.2, -0.15) is 5.10 Å². The molecule has 0 fully saturated rings. The van der Waals surface area contributed by atoms with Crippen molar-refractivity contribution in [2.75, 3.05) is 0 Å². The number of aryl methyl sites for hydroxylation is 1. The van der Waals surface area contributed by atoms with Crippen molar-refractivity contribution in [2.45, 2.75) is 26.3 Å². The molecule has 0 saturated heterocycles. The normalized spacial score (nSPS) is 12.6. The van der Waals surface area contributed by atoms with E-state index in [0.29, 0.717) is 4.77 Å². The summed E-state index contributed by atoms with van der Waals surface area (Å²) in [4.78, 5) is 0. The SMILES string of the molecule is CCC(c1ccccc1)n1c(C)n[nH]c1=S. The minimum Gasteiger partial charge on any atom is -0.297 e. The molecule has 3 nitrogen and oxygen atoms in total. The predicted octanol–water partition coefficient (Wildman–Crippen LogP) is 3.25. The van der Waals surface area contributed by atoms with Crippen LogP contribution in [0.25, 0.3) is 0 Å². The van der Waals surface area contributed by atoms with Gasteiger partial charge in [-0.3, -0.25) is 9.67 Å². The van der Waals surface area contributed by atoms with Crippen molar-refractivity contribution in [3.63, 3.8) is 0 Å². The Hall–Kier alpha value is -1.42. The summed E-state index contributed by atoms with van der Waals surface area (Å²) in [6.07, 6.45) is 0.999. The predicted molar refractivity (Wildman–Crippen MR) is 67.0 cm³/mol. The van der Waals surface area contributed by atoms with Crippen molar-refractivity contribution >= 4 is 12.2 Å². The molecule has 0 saturated carbocycles. The Bertz CT molecular complexity index is 513. The van der Waals surface area contributed by atoms with E-state index in [9.17, 15) is 0 Å². The van der Waals surface area contributed by atoms with E-state index in [1.165, 1.54) is 5.56 Å². The van der Waals surface area contributed by atoms with Crippen LogP contribution in [-0.4, -0.2) is 14.8 Å². The monoisotopic (exact) mass is 233 g/mol. The number of hydrogen-bond acceptors (Lipinski definition) is 2. The van der Waals surface area contributed by atoms with Crippen molar-refractivity contribution in [1.29, 1.82) is 0 Å². The number of benzene rings is 1. The first kappa shape index (κ1) is 11.1. The van der Waals surface area contributed by atoms with Gasteiger partial charge in [-0.05, 0) is 31.1 Å². The van der Waals surface area contributed by atoms with Gasteiger partial charge in [0.2, 0.25) is 0 Å². The fraction of sp³-hybridized carbons (Fsp3) is 0.333. The molecule has 1 aromatic heterocycles. The highest BCUT2D eigenvalue weighted by Gasteiger charge is 2.14. The van der Waals surface area contributed by atoms with Gasteiger partial charge in [-0.15, -0.1) is 0 Å². The van der Waals surface area contributed by atoms with Crippen LogP contribution >= 0.6 is 12.2 Å². The van der Waals surface area contributed by atoms with Gasteiger partial charge in [0.1, 0.15) is 5.82 Å². The largest absolute Gasteiger partial charge is 0.297 e. The molecular formula is C12H15N3S. The van der Waals surface area contributed by atoms with Crippen LogP contribution in [0.3, 0.4) is 0 Å². The van der Waals surface area contributed by atoms with Crippen LogP contribution in [-0.2, 0) is 0 Å². The number of hydrogen-bond donors (Lipinski definition) is 1. The Morgan fingerprint density at radius 1 is 1.38 bits per heavy atom. The van der Waals surface area contributed by atoms with Crippen molar-refractivity contribution in [2.24, 2.45) is 0 Å². The Morgan fingerprint density at radius 3 is 2.56 bits per heavy atom. The zero-order valence-electron chi connectivity index (χ0n) is 9.47. The third kappa shape index (κ3) is 1.93. The molecule has 84 valence electrons. The highest BCUT2D eigenvalue weighted by molar-refractivity contribution is 7.71. The van der Waals surface area contributed by atoms with Crippen molar-refractivity contribution in [3.8, 4) is 0 Å². The minimum atomic E-state index is 0.271. The third-order valence-electron chi connectivity index (χ3n) is 2.76. The van der Waals surface area contributed by atoms with Crippen molar-refractivity contribution < 1.29 is 0 Å². The van der Waals surface area contributed by atoms with Crippen LogP contribution in [0.5, 0.6) is 0 Å². The molecule has 0 aliphatic carbocycles. The van der Waals surface area contributed by atoms with Gasteiger partial charge in [-0.25, -0.2) is 0 Å². The second-order valence-corrected chi connectivity index (χ2v) is 4.17. The first-order valence-corrected chi connectivity index (χ1v) is 5.83. The van der Waals surface area contributed by atoms with Crippen LogP contribution in [0.4, 0.5) is 0 Å². The molecule has 0 aliphatic rings. The summed E-state index contributed by atoms with van der Waals surface area (Å²) in [5, 5.41) is 6.99. The first-order valence-electron chi connectivity index (χ1n) is 5.42. The fourth-order valence-corrected chi connectivity index (χ4v) is 2.30. The molecule has 2 rings (SSSR count). The van der Waals surface area contributed by atoms with Crippen LogP contribution in [0.15, 0.2) is 30.3 Å². The maximum Gasteiger partial charge on any atom is 0.195 e. The molecule has 1 unspecified atom stereocenters. The summed E-state index contributed by atoms with van der Waals surface area (Å²) < 4.78 is 2.76. The molecule has 4 heteroatoms. The van der Waals surface area contributed by atoms with Crippen molar-refractivity contribution in [1.82, 2.24) is 14.8 Å². The molecule has 16 heavy (non-hydrogen) atoms. The number of rotatable bonds is 3. The van der Waals surface area contributed by atoms with E-state index in [1.807, 2.05) is 13.0 Å². The second-order valence-electron chi connectivity index (χ2n) is 3.78. The zero-order valence-corrected chi connectivity index (χ0v) is 10.3. The lowest BCUT2D eigenvalue weighted by molar-refractivity contribution is 0.546. The topological polar surface area (TPSA) is 33.6 Å². The number of nitrogens with zero attached hydrogens (tertiary/aromatic N) is 2. The number of aromatic nitrogens is 3. The summed E-state index contributed by atoms with van der Waals surface area (Å²) >= 11 is 5.26.